The molecule has 1 atom stereocenters. The van der Waals surface area contributed by atoms with E-state index in [2.05, 4.69) is 13.0 Å². The quantitative estimate of drug-likeness (QED) is 0.482. The summed E-state index contributed by atoms with van der Waals surface area (Å²) in [6.07, 6.45) is 7.95. The van der Waals surface area contributed by atoms with Crippen molar-refractivity contribution in [3.63, 3.8) is 0 Å². The van der Waals surface area contributed by atoms with E-state index in [0.29, 0.717) is 0 Å². The lowest BCUT2D eigenvalue weighted by Gasteiger charge is -2.11. The van der Waals surface area contributed by atoms with E-state index in [9.17, 15) is 0 Å². The van der Waals surface area contributed by atoms with Gasteiger partial charge in [0.1, 0.15) is 0 Å². The monoisotopic (exact) mass is 200 g/mol. The van der Waals surface area contributed by atoms with Gasteiger partial charge in [0.05, 0.1) is 6.10 Å². The molecule has 0 saturated carbocycles. The highest BCUT2D eigenvalue weighted by Gasteiger charge is 2.03. The first-order chi connectivity index (χ1) is 6.74. The standard InChI is InChI=1S/C12H24O2/c1-4-5-6-7-12(14-3)10-11(2)8-9-13/h10,12-13H,4-9H2,1-3H3. The molecule has 0 radical (unpaired) electrons. The van der Waals surface area contributed by atoms with Gasteiger partial charge in [0, 0.05) is 13.7 Å². The lowest BCUT2D eigenvalue weighted by Crippen LogP contribution is -2.07. The van der Waals surface area contributed by atoms with Crippen LogP contribution in [-0.2, 0) is 4.74 Å². The van der Waals surface area contributed by atoms with Gasteiger partial charge in [-0.3, -0.25) is 0 Å². The van der Waals surface area contributed by atoms with E-state index in [1.54, 1.807) is 7.11 Å². The van der Waals surface area contributed by atoms with Gasteiger partial charge >= 0.3 is 0 Å². The molecule has 0 aromatic rings. The summed E-state index contributed by atoms with van der Waals surface area (Å²) in [4.78, 5) is 0. The van der Waals surface area contributed by atoms with Crippen LogP contribution < -0.4 is 0 Å². The van der Waals surface area contributed by atoms with Crippen LogP contribution in [0, 0.1) is 0 Å². The second-order valence-electron chi connectivity index (χ2n) is 3.76. The van der Waals surface area contributed by atoms with E-state index >= 15 is 0 Å². The largest absolute Gasteiger partial charge is 0.396 e. The topological polar surface area (TPSA) is 29.5 Å². The molecule has 14 heavy (non-hydrogen) atoms. The zero-order valence-corrected chi connectivity index (χ0v) is 9.75. The van der Waals surface area contributed by atoms with Crippen molar-refractivity contribution in [3.05, 3.63) is 11.6 Å². The Bertz CT molecular complexity index is 152. The molecule has 0 amide bonds. The first-order valence-electron chi connectivity index (χ1n) is 5.55. The number of hydrogen-bond donors (Lipinski definition) is 1. The number of hydrogen-bond acceptors (Lipinski definition) is 2. The third kappa shape index (κ3) is 7.10. The molecule has 84 valence electrons. The lowest BCUT2D eigenvalue weighted by atomic mass is 10.1. The average molecular weight is 200 g/mol. The van der Waals surface area contributed by atoms with E-state index in [1.807, 2.05) is 6.92 Å². The maximum Gasteiger partial charge on any atom is 0.0754 e. The van der Waals surface area contributed by atoms with Crippen molar-refractivity contribution in [1.82, 2.24) is 0 Å². The highest BCUT2D eigenvalue weighted by molar-refractivity contribution is 5.02. The van der Waals surface area contributed by atoms with Crippen molar-refractivity contribution in [3.8, 4) is 0 Å². The van der Waals surface area contributed by atoms with Gasteiger partial charge in [-0.1, -0.05) is 37.8 Å². The molecule has 0 spiro atoms. The highest BCUT2D eigenvalue weighted by atomic mass is 16.5. The number of aliphatic hydroxyl groups excluding tert-OH is 1. The summed E-state index contributed by atoms with van der Waals surface area (Å²) in [7, 11) is 1.75. The molecule has 0 saturated heterocycles. The van der Waals surface area contributed by atoms with E-state index in [-0.39, 0.29) is 12.7 Å². The summed E-state index contributed by atoms with van der Waals surface area (Å²) >= 11 is 0. The van der Waals surface area contributed by atoms with Gasteiger partial charge in [0.25, 0.3) is 0 Å². The summed E-state index contributed by atoms with van der Waals surface area (Å²) in [5.74, 6) is 0. The minimum Gasteiger partial charge on any atom is -0.396 e. The molecule has 2 heteroatoms. The van der Waals surface area contributed by atoms with E-state index in [0.717, 1.165) is 12.8 Å². The van der Waals surface area contributed by atoms with Crippen LogP contribution in [0.1, 0.15) is 46.0 Å². The fourth-order valence-electron chi connectivity index (χ4n) is 1.44. The average Bonchev–Trinajstić information content (AvgIpc) is 2.17. The summed E-state index contributed by atoms with van der Waals surface area (Å²) in [5, 5.41) is 8.75. The fraction of sp³-hybridized carbons (Fsp3) is 0.833. The molecular formula is C12H24O2. The predicted octanol–water partition coefficient (Wildman–Crippen LogP) is 2.91. The first kappa shape index (κ1) is 13.7. The molecule has 0 rings (SSSR count). The zero-order chi connectivity index (χ0) is 10.8. The molecule has 1 unspecified atom stereocenters. The second-order valence-corrected chi connectivity index (χ2v) is 3.76. The third-order valence-corrected chi connectivity index (χ3v) is 2.37. The first-order valence-corrected chi connectivity index (χ1v) is 5.55. The summed E-state index contributed by atoms with van der Waals surface area (Å²) in [5.41, 5.74) is 1.22. The number of unbranched alkanes of at least 4 members (excludes halogenated alkanes) is 2. The number of ether oxygens (including phenoxy) is 1. The molecule has 0 bridgehead atoms. The van der Waals surface area contributed by atoms with Crippen molar-refractivity contribution in [1.29, 1.82) is 0 Å². The van der Waals surface area contributed by atoms with Crippen molar-refractivity contribution in [2.45, 2.75) is 52.1 Å². The smallest absolute Gasteiger partial charge is 0.0754 e. The summed E-state index contributed by atoms with van der Waals surface area (Å²) < 4.78 is 5.36. The Labute approximate surface area is 88.0 Å². The second kappa shape index (κ2) is 9.22. The molecule has 0 aliphatic carbocycles. The van der Waals surface area contributed by atoms with Crippen molar-refractivity contribution >= 4 is 0 Å². The Kier molecular flexibility index (Phi) is 9.00. The molecule has 0 aromatic carbocycles. The van der Waals surface area contributed by atoms with Gasteiger partial charge in [-0.2, -0.15) is 0 Å². The Morgan fingerprint density at radius 2 is 2.14 bits per heavy atom. The predicted molar refractivity (Wildman–Crippen MR) is 60.4 cm³/mol. The molecule has 1 N–H and O–H groups in total. The van der Waals surface area contributed by atoms with Crippen LogP contribution in [0.4, 0.5) is 0 Å². The maximum absolute atomic E-state index is 8.75. The van der Waals surface area contributed by atoms with Crippen LogP contribution in [0.2, 0.25) is 0 Å². The van der Waals surface area contributed by atoms with Crippen LogP contribution >= 0.6 is 0 Å². The lowest BCUT2D eigenvalue weighted by molar-refractivity contribution is 0.130. The minimum absolute atomic E-state index is 0.230. The van der Waals surface area contributed by atoms with Crippen LogP contribution in [0.3, 0.4) is 0 Å². The molecule has 0 aromatic heterocycles. The van der Waals surface area contributed by atoms with E-state index in [4.69, 9.17) is 9.84 Å². The van der Waals surface area contributed by atoms with Gasteiger partial charge in [-0.05, 0) is 19.8 Å². The van der Waals surface area contributed by atoms with Gasteiger partial charge in [0.15, 0.2) is 0 Å². The SMILES string of the molecule is CCCCCC(C=C(C)CCO)OC. The number of rotatable bonds is 8. The van der Waals surface area contributed by atoms with Crippen molar-refractivity contribution in [2.24, 2.45) is 0 Å². The minimum atomic E-state index is 0.230. The number of aliphatic hydroxyl groups is 1. The fourth-order valence-corrected chi connectivity index (χ4v) is 1.44. The normalized spacial score (nSPS) is 14.4. The van der Waals surface area contributed by atoms with Gasteiger partial charge in [-0.15, -0.1) is 0 Å². The highest BCUT2D eigenvalue weighted by Crippen LogP contribution is 2.10. The van der Waals surface area contributed by atoms with Crippen LogP contribution in [0.25, 0.3) is 0 Å². The summed E-state index contributed by atoms with van der Waals surface area (Å²) in [6.45, 7) is 4.48. The van der Waals surface area contributed by atoms with Gasteiger partial charge in [0.2, 0.25) is 0 Å². The maximum atomic E-state index is 8.75. The molecular weight excluding hydrogens is 176 g/mol. The van der Waals surface area contributed by atoms with Gasteiger partial charge < -0.3 is 9.84 Å². The Balaban J connectivity index is 3.81. The molecule has 0 heterocycles. The van der Waals surface area contributed by atoms with Crippen molar-refractivity contribution < 1.29 is 9.84 Å². The molecule has 0 aliphatic heterocycles. The van der Waals surface area contributed by atoms with Crippen LogP contribution in [-0.4, -0.2) is 24.9 Å². The molecule has 2 nitrogen and oxygen atoms in total. The van der Waals surface area contributed by atoms with Gasteiger partial charge in [-0.25, -0.2) is 0 Å². The Morgan fingerprint density at radius 1 is 1.43 bits per heavy atom. The molecule has 0 aliphatic rings. The van der Waals surface area contributed by atoms with Crippen LogP contribution in [0.15, 0.2) is 11.6 Å². The molecule has 0 fully saturated rings. The van der Waals surface area contributed by atoms with Crippen LogP contribution in [0.5, 0.6) is 0 Å². The number of methoxy groups -OCH3 is 1. The Morgan fingerprint density at radius 3 is 2.64 bits per heavy atom. The summed E-state index contributed by atoms with van der Waals surface area (Å²) in [6, 6.07) is 0. The van der Waals surface area contributed by atoms with E-state index < -0.39 is 0 Å². The van der Waals surface area contributed by atoms with E-state index in [1.165, 1.54) is 24.8 Å². The third-order valence-electron chi connectivity index (χ3n) is 2.37. The zero-order valence-electron chi connectivity index (χ0n) is 9.75. The van der Waals surface area contributed by atoms with Crippen molar-refractivity contribution in [2.75, 3.05) is 13.7 Å². The Hall–Kier alpha value is -0.340.